The van der Waals surface area contributed by atoms with Crippen molar-refractivity contribution in [2.24, 2.45) is 13.0 Å². The molecule has 0 aromatic carbocycles. The summed E-state index contributed by atoms with van der Waals surface area (Å²) >= 11 is 0. The standard InChI is InChI=1S/C10H14N4/c1-14-8-12-13-10(14)3-2-9-4-6-11-7-5-9/h8-9,11H,4-7H2,1H3. The number of nitrogens with zero attached hydrogens (tertiary/aromatic N) is 3. The van der Waals surface area contributed by atoms with Gasteiger partial charge in [-0.3, -0.25) is 0 Å². The second kappa shape index (κ2) is 4.25. The van der Waals surface area contributed by atoms with Crippen molar-refractivity contribution in [1.29, 1.82) is 0 Å². The average Bonchev–Trinajstić information content (AvgIpc) is 2.63. The van der Waals surface area contributed by atoms with Gasteiger partial charge in [0.15, 0.2) is 0 Å². The molecule has 1 aliphatic rings. The number of hydrogen-bond donors (Lipinski definition) is 1. The van der Waals surface area contributed by atoms with Crippen LogP contribution in [-0.4, -0.2) is 27.9 Å². The highest BCUT2D eigenvalue weighted by Gasteiger charge is 2.09. The Balaban J connectivity index is 2.02. The Hall–Kier alpha value is -1.34. The van der Waals surface area contributed by atoms with Crippen molar-refractivity contribution in [1.82, 2.24) is 20.1 Å². The summed E-state index contributed by atoms with van der Waals surface area (Å²) in [6.45, 7) is 2.16. The van der Waals surface area contributed by atoms with Gasteiger partial charge in [-0.2, -0.15) is 0 Å². The molecule has 0 bridgehead atoms. The van der Waals surface area contributed by atoms with Gasteiger partial charge in [0.05, 0.1) is 0 Å². The van der Waals surface area contributed by atoms with Crippen molar-refractivity contribution in [3.05, 3.63) is 12.2 Å². The minimum Gasteiger partial charge on any atom is -0.317 e. The molecule has 0 amide bonds. The largest absolute Gasteiger partial charge is 0.317 e. The predicted octanol–water partition coefficient (Wildman–Crippen LogP) is 0.166. The molecule has 0 radical (unpaired) electrons. The van der Waals surface area contributed by atoms with Gasteiger partial charge in [0.25, 0.3) is 0 Å². The third-order valence-electron chi connectivity index (χ3n) is 2.44. The monoisotopic (exact) mass is 190 g/mol. The van der Waals surface area contributed by atoms with Crippen LogP contribution in [0.4, 0.5) is 0 Å². The number of piperidine rings is 1. The van der Waals surface area contributed by atoms with Crippen LogP contribution >= 0.6 is 0 Å². The number of hydrogen-bond acceptors (Lipinski definition) is 3. The first-order valence-corrected chi connectivity index (χ1v) is 4.92. The van der Waals surface area contributed by atoms with Crippen LogP contribution in [-0.2, 0) is 7.05 Å². The molecule has 4 heteroatoms. The van der Waals surface area contributed by atoms with Gasteiger partial charge in [0.2, 0.25) is 5.82 Å². The van der Waals surface area contributed by atoms with Crippen LogP contribution < -0.4 is 5.32 Å². The molecule has 0 unspecified atom stereocenters. The summed E-state index contributed by atoms with van der Waals surface area (Å²) in [5, 5.41) is 11.0. The second-order valence-electron chi connectivity index (χ2n) is 3.56. The molecule has 1 saturated heterocycles. The van der Waals surface area contributed by atoms with E-state index in [9.17, 15) is 0 Å². The molecule has 4 nitrogen and oxygen atoms in total. The summed E-state index contributed by atoms with van der Waals surface area (Å²) in [5.41, 5.74) is 0. The van der Waals surface area contributed by atoms with Crippen LogP contribution in [0, 0.1) is 17.8 Å². The summed E-state index contributed by atoms with van der Waals surface area (Å²) in [7, 11) is 1.91. The Labute approximate surface area is 83.7 Å². The highest BCUT2D eigenvalue weighted by Crippen LogP contribution is 2.09. The van der Waals surface area contributed by atoms with Gasteiger partial charge in [-0.05, 0) is 31.9 Å². The maximum absolute atomic E-state index is 3.92. The topological polar surface area (TPSA) is 42.7 Å². The first-order chi connectivity index (χ1) is 6.86. The SMILES string of the molecule is Cn1cnnc1C#CC1CCNCC1. The Morgan fingerprint density at radius 2 is 2.29 bits per heavy atom. The Morgan fingerprint density at radius 3 is 2.93 bits per heavy atom. The lowest BCUT2D eigenvalue weighted by Crippen LogP contribution is -2.26. The third kappa shape index (κ3) is 2.12. The zero-order chi connectivity index (χ0) is 9.80. The van der Waals surface area contributed by atoms with E-state index in [4.69, 9.17) is 0 Å². The second-order valence-corrected chi connectivity index (χ2v) is 3.56. The number of aryl methyl sites for hydroxylation is 1. The highest BCUT2D eigenvalue weighted by molar-refractivity contribution is 5.21. The molecule has 0 aliphatic carbocycles. The van der Waals surface area contributed by atoms with Crippen LogP contribution in [0.15, 0.2) is 6.33 Å². The number of nitrogens with one attached hydrogen (secondary N) is 1. The molecular weight excluding hydrogens is 176 g/mol. The molecule has 0 saturated carbocycles. The van der Waals surface area contributed by atoms with E-state index in [0.29, 0.717) is 5.92 Å². The highest BCUT2D eigenvalue weighted by atomic mass is 15.2. The van der Waals surface area contributed by atoms with Crippen molar-refractivity contribution in [2.45, 2.75) is 12.8 Å². The van der Waals surface area contributed by atoms with Gasteiger partial charge >= 0.3 is 0 Å². The molecule has 1 aliphatic heterocycles. The fourth-order valence-electron chi connectivity index (χ4n) is 1.53. The molecule has 74 valence electrons. The van der Waals surface area contributed by atoms with E-state index in [2.05, 4.69) is 27.4 Å². The van der Waals surface area contributed by atoms with Crippen molar-refractivity contribution in [3.8, 4) is 11.8 Å². The van der Waals surface area contributed by atoms with Crippen molar-refractivity contribution in [2.75, 3.05) is 13.1 Å². The molecule has 2 heterocycles. The summed E-state index contributed by atoms with van der Waals surface area (Å²) in [5.74, 6) is 7.60. The van der Waals surface area contributed by atoms with Gasteiger partial charge < -0.3 is 9.88 Å². The van der Waals surface area contributed by atoms with Crippen LogP contribution in [0.2, 0.25) is 0 Å². The van der Waals surface area contributed by atoms with E-state index >= 15 is 0 Å². The maximum Gasteiger partial charge on any atom is 0.207 e. The fourth-order valence-corrected chi connectivity index (χ4v) is 1.53. The molecule has 1 aromatic rings. The number of rotatable bonds is 0. The van der Waals surface area contributed by atoms with E-state index in [1.807, 2.05) is 11.6 Å². The van der Waals surface area contributed by atoms with Crippen LogP contribution in [0.3, 0.4) is 0 Å². The number of aromatic nitrogens is 3. The van der Waals surface area contributed by atoms with Gasteiger partial charge in [-0.25, -0.2) is 0 Å². The van der Waals surface area contributed by atoms with E-state index in [-0.39, 0.29) is 0 Å². The molecule has 1 fully saturated rings. The Bertz CT molecular complexity index is 352. The van der Waals surface area contributed by atoms with Crippen molar-refractivity contribution in [3.63, 3.8) is 0 Å². The smallest absolute Gasteiger partial charge is 0.207 e. The average molecular weight is 190 g/mol. The summed E-state index contributed by atoms with van der Waals surface area (Å²) < 4.78 is 1.84. The Morgan fingerprint density at radius 1 is 1.50 bits per heavy atom. The van der Waals surface area contributed by atoms with E-state index in [1.165, 1.54) is 0 Å². The molecule has 14 heavy (non-hydrogen) atoms. The first-order valence-electron chi connectivity index (χ1n) is 4.92. The lowest BCUT2D eigenvalue weighted by atomic mass is 9.99. The van der Waals surface area contributed by atoms with Crippen molar-refractivity contribution < 1.29 is 0 Å². The minimum absolute atomic E-state index is 0.521. The van der Waals surface area contributed by atoms with Crippen LogP contribution in [0.5, 0.6) is 0 Å². The van der Waals surface area contributed by atoms with Gasteiger partial charge in [-0.15, -0.1) is 10.2 Å². The molecular formula is C10H14N4. The lowest BCUT2D eigenvalue weighted by molar-refractivity contribution is 0.447. The quantitative estimate of drug-likeness (QED) is 0.593. The normalized spacial score (nSPS) is 17.5. The molecule has 1 aromatic heterocycles. The van der Waals surface area contributed by atoms with E-state index in [0.717, 1.165) is 31.8 Å². The van der Waals surface area contributed by atoms with E-state index in [1.54, 1.807) is 6.33 Å². The molecule has 2 rings (SSSR count). The van der Waals surface area contributed by atoms with Gasteiger partial charge in [0.1, 0.15) is 6.33 Å². The van der Waals surface area contributed by atoms with Crippen molar-refractivity contribution >= 4 is 0 Å². The fraction of sp³-hybridized carbons (Fsp3) is 0.600. The Kier molecular flexibility index (Phi) is 2.80. The molecule has 0 spiro atoms. The zero-order valence-corrected chi connectivity index (χ0v) is 8.32. The zero-order valence-electron chi connectivity index (χ0n) is 8.32. The summed E-state index contributed by atoms with van der Waals surface area (Å²) in [6.07, 6.45) is 3.96. The van der Waals surface area contributed by atoms with E-state index < -0.39 is 0 Å². The first kappa shape index (κ1) is 9.22. The lowest BCUT2D eigenvalue weighted by Gasteiger charge is -2.16. The molecule has 0 atom stereocenters. The predicted molar refractivity (Wildman–Crippen MR) is 53.5 cm³/mol. The summed E-state index contributed by atoms with van der Waals surface area (Å²) in [6, 6.07) is 0. The molecule has 1 N–H and O–H groups in total. The minimum atomic E-state index is 0.521. The maximum atomic E-state index is 3.92. The van der Waals surface area contributed by atoms with Crippen LogP contribution in [0.1, 0.15) is 18.7 Å². The summed E-state index contributed by atoms with van der Waals surface area (Å²) in [4.78, 5) is 0. The van der Waals surface area contributed by atoms with Crippen LogP contribution in [0.25, 0.3) is 0 Å². The third-order valence-corrected chi connectivity index (χ3v) is 2.44. The van der Waals surface area contributed by atoms with Gasteiger partial charge in [0, 0.05) is 13.0 Å². The van der Waals surface area contributed by atoms with Gasteiger partial charge in [-0.1, -0.05) is 5.92 Å².